The van der Waals surface area contributed by atoms with Crippen LogP contribution in [-0.2, 0) is 7.05 Å². The zero-order valence-corrected chi connectivity index (χ0v) is 7.02. The van der Waals surface area contributed by atoms with Gasteiger partial charge in [-0.3, -0.25) is 4.68 Å². The maximum Gasteiger partial charge on any atom is 0.113 e. The van der Waals surface area contributed by atoms with Crippen LogP contribution in [0.25, 0.3) is 0 Å². The highest BCUT2D eigenvalue weighted by molar-refractivity contribution is 6.08. The smallest absolute Gasteiger partial charge is 0.113 e. The topological polar surface area (TPSA) is 44.3 Å². The van der Waals surface area contributed by atoms with Gasteiger partial charge in [0.1, 0.15) is 5.71 Å². The van der Waals surface area contributed by atoms with Gasteiger partial charge in [0.25, 0.3) is 0 Å². The number of aromatic nitrogens is 2. The van der Waals surface area contributed by atoms with Crippen molar-refractivity contribution in [3.8, 4) is 0 Å². The van der Waals surface area contributed by atoms with Gasteiger partial charge in [0.2, 0.25) is 0 Å². The Labute approximate surface area is 70.6 Å². The van der Waals surface area contributed by atoms with E-state index in [1.807, 2.05) is 26.1 Å². The second-order valence-electron chi connectivity index (χ2n) is 2.71. The molecule has 0 atom stereocenters. The highest BCUT2D eigenvalue weighted by Crippen LogP contribution is 2.06. The van der Waals surface area contributed by atoms with Gasteiger partial charge in [-0.1, -0.05) is 0 Å². The fraction of sp³-hybridized carbons (Fsp3) is 0.250. The van der Waals surface area contributed by atoms with E-state index in [1.54, 1.807) is 10.9 Å². The molecule has 0 spiro atoms. The van der Waals surface area contributed by atoms with Crippen molar-refractivity contribution in [1.29, 1.82) is 0 Å². The summed E-state index contributed by atoms with van der Waals surface area (Å²) in [5.74, 6) is 0. The van der Waals surface area contributed by atoms with Gasteiger partial charge in [0, 0.05) is 7.05 Å². The van der Waals surface area contributed by atoms with Crippen LogP contribution in [0.15, 0.2) is 23.4 Å². The molecule has 1 aliphatic rings. The molecule has 1 radical (unpaired) electrons. The molecule has 1 aromatic heterocycles. The molecule has 61 valence electrons. The molecule has 1 aliphatic heterocycles. The van der Waals surface area contributed by atoms with E-state index in [0.29, 0.717) is 0 Å². The minimum Gasteiger partial charge on any atom is -0.266 e. The molecule has 0 saturated heterocycles. The number of aryl methyl sites for hydroxylation is 2. The largest absolute Gasteiger partial charge is 0.266 e. The number of nitrogens with zero attached hydrogens (tertiary/aromatic N) is 4. The second kappa shape index (κ2) is 2.48. The minimum absolute atomic E-state index is 0.873. The first kappa shape index (κ1) is 7.09. The summed E-state index contributed by atoms with van der Waals surface area (Å²) in [7, 11) is 1.90. The third kappa shape index (κ3) is 1.01. The lowest BCUT2D eigenvalue weighted by molar-refractivity contribution is 0.749. The Morgan fingerprint density at radius 1 is 1.42 bits per heavy atom. The molecule has 1 aromatic rings. The lowest BCUT2D eigenvalue weighted by Gasteiger charge is -1.95. The summed E-state index contributed by atoms with van der Waals surface area (Å²) < 4.78 is 1.80. The van der Waals surface area contributed by atoms with Crippen LogP contribution in [0.3, 0.4) is 0 Å². The Balaban J connectivity index is 2.45. The molecule has 4 heteroatoms. The summed E-state index contributed by atoms with van der Waals surface area (Å²) in [5, 5.41) is 8.17. The maximum atomic E-state index is 4.22. The molecule has 2 heterocycles. The zero-order valence-electron chi connectivity index (χ0n) is 7.02. The average molecular weight is 161 g/mol. The molecular weight excluding hydrogens is 152 g/mol. The first-order valence-corrected chi connectivity index (χ1v) is 3.73. The molecule has 2 rings (SSSR count). The van der Waals surface area contributed by atoms with Crippen molar-refractivity contribution in [2.24, 2.45) is 12.1 Å². The average Bonchev–Trinajstić information content (AvgIpc) is 2.58. The van der Waals surface area contributed by atoms with E-state index in [9.17, 15) is 0 Å². The number of hydrogen-bond acceptors (Lipinski definition) is 2. The summed E-state index contributed by atoms with van der Waals surface area (Å²) in [5.41, 5.74) is 6.63. The summed E-state index contributed by atoms with van der Waals surface area (Å²) in [4.78, 5) is 0. The van der Waals surface area contributed by atoms with Crippen LogP contribution in [-0.4, -0.2) is 15.5 Å². The molecule has 0 N–H and O–H groups in total. The van der Waals surface area contributed by atoms with Crippen LogP contribution < -0.4 is 5.43 Å². The standard InChI is InChI=1S/C8H9N4/c1-6-5-8(12(2)11-6)7-3-4-9-10-7/h3-5H,1-2H3. The third-order valence-electron chi connectivity index (χ3n) is 1.73. The van der Waals surface area contributed by atoms with Gasteiger partial charge in [0.15, 0.2) is 0 Å². The third-order valence-corrected chi connectivity index (χ3v) is 1.73. The van der Waals surface area contributed by atoms with Crippen LogP contribution in [0.1, 0.15) is 11.4 Å². The molecule has 4 nitrogen and oxygen atoms in total. The van der Waals surface area contributed by atoms with Gasteiger partial charge in [-0.25, -0.2) is 0 Å². The molecule has 0 aromatic carbocycles. The van der Waals surface area contributed by atoms with Crippen LogP contribution in [0.2, 0.25) is 0 Å². The lowest BCUT2D eigenvalue weighted by Crippen LogP contribution is -2.03. The van der Waals surface area contributed by atoms with E-state index in [4.69, 9.17) is 0 Å². The molecule has 0 fully saturated rings. The van der Waals surface area contributed by atoms with Crippen molar-refractivity contribution >= 4 is 5.71 Å². The Hall–Kier alpha value is -1.58. The predicted octanol–water partition coefficient (Wildman–Crippen LogP) is 0.564. The Bertz CT molecular complexity index is 359. The van der Waals surface area contributed by atoms with Gasteiger partial charge >= 0.3 is 0 Å². The van der Waals surface area contributed by atoms with Crippen molar-refractivity contribution in [3.05, 3.63) is 29.7 Å². The first-order valence-electron chi connectivity index (χ1n) is 3.73. The van der Waals surface area contributed by atoms with E-state index < -0.39 is 0 Å². The molecule has 12 heavy (non-hydrogen) atoms. The summed E-state index contributed by atoms with van der Waals surface area (Å²) in [6.45, 7) is 1.96. The van der Waals surface area contributed by atoms with Crippen LogP contribution >= 0.6 is 0 Å². The SMILES string of the molecule is Cc1cc(C2=N[N]C=C2)n(C)n1. The van der Waals surface area contributed by atoms with E-state index in [2.05, 4.69) is 15.6 Å². The quantitative estimate of drug-likeness (QED) is 0.593. The summed E-state index contributed by atoms with van der Waals surface area (Å²) in [6, 6.07) is 1.99. The molecule has 0 aliphatic carbocycles. The Morgan fingerprint density at radius 3 is 2.75 bits per heavy atom. The van der Waals surface area contributed by atoms with Gasteiger partial charge in [-0.05, 0) is 19.1 Å². The van der Waals surface area contributed by atoms with Crippen molar-refractivity contribution in [2.75, 3.05) is 0 Å². The molecule has 0 unspecified atom stereocenters. The fourth-order valence-corrected chi connectivity index (χ4v) is 1.22. The summed E-state index contributed by atoms with van der Waals surface area (Å²) in [6.07, 6.45) is 3.55. The highest BCUT2D eigenvalue weighted by atomic mass is 15.3. The van der Waals surface area contributed by atoms with Crippen LogP contribution in [0, 0.1) is 6.92 Å². The molecule has 0 bridgehead atoms. The Kier molecular flexibility index (Phi) is 1.46. The lowest BCUT2D eigenvalue weighted by atomic mass is 10.2. The second-order valence-corrected chi connectivity index (χ2v) is 2.71. The van der Waals surface area contributed by atoms with Crippen LogP contribution in [0.5, 0.6) is 0 Å². The van der Waals surface area contributed by atoms with Crippen molar-refractivity contribution < 1.29 is 0 Å². The zero-order chi connectivity index (χ0) is 8.55. The van der Waals surface area contributed by atoms with E-state index >= 15 is 0 Å². The monoisotopic (exact) mass is 161 g/mol. The minimum atomic E-state index is 0.873. The molecule has 0 saturated carbocycles. The predicted molar refractivity (Wildman–Crippen MR) is 45.8 cm³/mol. The van der Waals surface area contributed by atoms with Crippen molar-refractivity contribution in [1.82, 2.24) is 15.2 Å². The van der Waals surface area contributed by atoms with Gasteiger partial charge in [0.05, 0.1) is 17.6 Å². The maximum absolute atomic E-state index is 4.22. The van der Waals surface area contributed by atoms with Crippen molar-refractivity contribution in [3.63, 3.8) is 0 Å². The van der Waals surface area contributed by atoms with Crippen molar-refractivity contribution in [2.45, 2.75) is 6.92 Å². The van der Waals surface area contributed by atoms with E-state index in [1.165, 1.54) is 0 Å². The van der Waals surface area contributed by atoms with Gasteiger partial charge in [-0.2, -0.15) is 10.5 Å². The van der Waals surface area contributed by atoms with Gasteiger partial charge < -0.3 is 0 Å². The number of allylic oxidation sites excluding steroid dienone is 1. The first-order chi connectivity index (χ1) is 5.77. The van der Waals surface area contributed by atoms with Gasteiger partial charge in [-0.15, -0.1) is 5.10 Å². The molecular formula is C8H9N4. The number of hydrogen-bond donors (Lipinski definition) is 0. The van der Waals surface area contributed by atoms with E-state index in [-0.39, 0.29) is 0 Å². The van der Waals surface area contributed by atoms with E-state index in [0.717, 1.165) is 17.1 Å². The Morgan fingerprint density at radius 2 is 2.25 bits per heavy atom. The van der Waals surface area contributed by atoms with Crippen LogP contribution in [0.4, 0.5) is 0 Å². The fourth-order valence-electron chi connectivity index (χ4n) is 1.22. The normalized spacial score (nSPS) is 14.7. The summed E-state index contributed by atoms with van der Waals surface area (Å²) >= 11 is 0. The highest BCUT2D eigenvalue weighted by Gasteiger charge is 2.09. The molecule has 0 amide bonds. The number of rotatable bonds is 1.